The molecule has 6 heteroatoms. The van der Waals surface area contributed by atoms with Gasteiger partial charge in [0, 0.05) is 18.9 Å². The maximum atomic E-state index is 11.4. The zero-order chi connectivity index (χ0) is 13.5. The molecule has 1 aromatic heterocycles. The summed E-state index contributed by atoms with van der Waals surface area (Å²) in [6.45, 7) is 3.50. The Kier molecular flexibility index (Phi) is 4.86. The molecule has 0 fully saturated rings. The SMILES string of the molecule is C=CCC(Nc1ccnc(C(=O)NC)c1)C(=O)O. The molecule has 1 aromatic rings. The summed E-state index contributed by atoms with van der Waals surface area (Å²) >= 11 is 0. The minimum atomic E-state index is -0.979. The van der Waals surface area contributed by atoms with Gasteiger partial charge in [0.05, 0.1) is 0 Å². The lowest BCUT2D eigenvalue weighted by Crippen LogP contribution is -2.28. The van der Waals surface area contributed by atoms with Gasteiger partial charge in [-0.05, 0) is 18.6 Å². The molecular formula is C12H15N3O3. The molecule has 18 heavy (non-hydrogen) atoms. The number of hydrogen-bond acceptors (Lipinski definition) is 4. The van der Waals surface area contributed by atoms with Gasteiger partial charge in [-0.3, -0.25) is 9.78 Å². The zero-order valence-electron chi connectivity index (χ0n) is 10.0. The summed E-state index contributed by atoms with van der Waals surface area (Å²) in [6.07, 6.45) is 3.25. The smallest absolute Gasteiger partial charge is 0.326 e. The van der Waals surface area contributed by atoms with Crippen LogP contribution in [0.1, 0.15) is 16.9 Å². The molecule has 1 heterocycles. The van der Waals surface area contributed by atoms with Crippen molar-refractivity contribution < 1.29 is 14.7 Å². The molecule has 1 unspecified atom stereocenters. The summed E-state index contributed by atoms with van der Waals surface area (Å²) in [5, 5.41) is 14.2. The molecule has 1 rings (SSSR count). The van der Waals surface area contributed by atoms with E-state index in [1.165, 1.54) is 25.4 Å². The molecule has 0 aliphatic heterocycles. The third-order valence-electron chi connectivity index (χ3n) is 2.26. The standard InChI is InChI=1S/C12H15N3O3/c1-3-4-9(12(17)18)15-8-5-6-14-10(7-8)11(16)13-2/h3,5-7,9H,1,4H2,2H3,(H,13,16)(H,14,15)(H,17,18). The molecule has 0 aromatic carbocycles. The van der Waals surface area contributed by atoms with Crippen LogP contribution in [0.3, 0.4) is 0 Å². The van der Waals surface area contributed by atoms with Crippen LogP contribution in [0.4, 0.5) is 5.69 Å². The number of nitrogens with zero attached hydrogens (tertiary/aromatic N) is 1. The van der Waals surface area contributed by atoms with E-state index in [-0.39, 0.29) is 18.0 Å². The first-order valence-corrected chi connectivity index (χ1v) is 5.37. The second-order valence-corrected chi connectivity index (χ2v) is 3.57. The molecule has 0 radical (unpaired) electrons. The van der Waals surface area contributed by atoms with Crippen molar-refractivity contribution in [2.45, 2.75) is 12.5 Å². The van der Waals surface area contributed by atoms with Gasteiger partial charge in [-0.2, -0.15) is 0 Å². The monoisotopic (exact) mass is 249 g/mol. The number of carboxylic acid groups (broad SMARTS) is 1. The molecule has 0 spiro atoms. The molecule has 0 aliphatic rings. The van der Waals surface area contributed by atoms with Gasteiger partial charge in [0.15, 0.2) is 0 Å². The van der Waals surface area contributed by atoms with Crippen molar-refractivity contribution in [2.24, 2.45) is 0 Å². The number of nitrogens with one attached hydrogen (secondary N) is 2. The van der Waals surface area contributed by atoms with Crippen molar-refractivity contribution in [3.8, 4) is 0 Å². The highest BCUT2D eigenvalue weighted by Gasteiger charge is 2.15. The second kappa shape index (κ2) is 6.39. The van der Waals surface area contributed by atoms with Crippen LogP contribution in [0, 0.1) is 0 Å². The Morgan fingerprint density at radius 2 is 2.33 bits per heavy atom. The molecule has 1 amide bonds. The summed E-state index contributed by atoms with van der Waals surface area (Å²) in [4.78, 5) is 26.2. The highest BCUT2D eigenvalue weighted by molar-refractivity contribution is 5.93. The number of carbonyl (C=O) groups is 2. The van der Waals surface area contributed by atoms with Crippen LogP contribution in [0.25, 0.3) is 0 Å². The van der Waals surface area contributed by atoms with Crippen molar-refractivity contribution in [3.05, 3.63) is 36.7 Å². The van der Waals surface area contributed by atoms with E-state index in [4.69, 9.17) is 5.11 Å². The van der Waals surface area contributed by atoms with Crippen molar-refractivity contribution in [2.75, 3.05) is 12.4 Å². The number of pyridine rings is 1. The van der Waals surface area contributed by atoms with Crippen LogP contribution in [-0.2, 0) is 4.79 Å². The fourth-order valence-corrected chi connectivity index (χ4v) is 1.36. The van der Waals surface area contributed by atoms with E-state index in [1.807, 2.05) is 0 Å². The van der Waals surface area contributed by atoms with Crippen molar-refractivity contribution >= 4 is 17.6 Å². The maximum Gasteiger partial charge on any atom is 0.326 e. The van der Waals surface area contributed by atoms with E-state index in [2.05, 4.69) is 22.2 Å². The molecule has 96 valence electrons. The minimum Gasteiger partial charge on any atom is -0.480 e. The predicted octanol–water partition coefficient (Wildman–Crippen LogP) is 0.882. The first-order valence-electron chi connectivity index (χ1n) is 5.37. The lowest BCUT2D eigenvalue weighted by molar-refractivity contribution is -0.137. The minimum absolute atomic E-state index is 0.227. The highest BCUT2D eigenvalue weighted by Crippen LogP contribution is 2.11. The molecule has 3 N–H and O–H groups in total. The third-order valence-corrected chi connectivity index (χ3v) is 2.26. The van der Waals surface area contributed by atoms with E-state index >= 15 is 0 Å². The van der Waals surface area contributed by atoms with Crippen LogP contribution in [0.5, 0.6) is 0 Å². The maximum absolute atomic E-state index is 11.4. The Labute approximate surface area is 105 Å². The molecule has 0 saturated carbocycles. The van der Waals surface area contributed by atoms with Crippen molar-refractivity contribution in [1.29, 1.82) is 0 Å². The number of aromatic nitrogens is 1. The summed E-state index contributed by atoms with van der Waals surface area (Å²) in [7, 11) is 1.50. The fraction of sp³-hybridized carbons (Fsp3) is 0.250. The molecule has 0 saturated heterocycles. The van der Waals surface area contributed by atoms with Gasteiger partial charge in [-0.15, -0.1) is 6.58 Å². The average molecular weight is 249 g/mol. The number of rotatable bonds is 6. The van der Waals surface area contributed by atoms with Crippen LogP contribution < -0.4 is 10.6 Å². The summed E-state index contributed by atoms with van der Waals surface area (Å²) in [5.41, 5.74) is 0.753. The van der Waals surface area contributed by atoms with Gasteiger partial charge >= 0.3 is 5.97 Å². The number of amides is 1. The predicted molar refractivity (Wildman–Crippen MR) is 67.5 cm³/mol. The van der Waals surface area contributed by atoms with Crippen molar-refractivity contribution in [1.82, 2.24) is 10.3 Å². The molecular weight excluding hydrogens is 234 g/mol. The quantitative estimate of drug-likeness (QED) is 0.651. The number of anilines is 1. The number of carbonyl (C=O) groups excluding carboxylic acids is 1. The lowest BCUT2D eigenvalue weighted by Gasteiger charge is -2.14. The average Bonchev–Trinajstić information content (AvgIpc) is 2.37. The first kappa shape index (κ1) is 13.7. The number of aliphatic carboxylic acids is 1. The Balaban J connectivity index is 2.86. The Hall–Kier alpha value is -2.37. The van der Waals surface area contributed by atoms with Crippen LogP contribution in [-0.4, -0.2) is 35.1 Å². The van der Waals surface area contributed by atoms with E-state index in [0.717, 1.165) is 0 Å². The van der Waals surface area contributed by atoms with Crippen LogP contribution >= 0.6 is 0 Å². The molecule has 0 aliphatic carbocycles. The fourth-order valence-electron chi connectivity index (χ4n) is 1.36. The first-order chi connectivity index (χ1) is 8.58. The lowest BCUT2D eigenvalue weighted by atomic mass is 10.2. The van der Waals surface area contributed by atoms with E-state index in [1.54, 1.807) is 6.07 Å². The van der Waals surface area contributed by atoms with E-state index < -0.39 is 12.0 Å². The summed E-state index contributed by atoms with van der Waals surface area (Å²) in [6, 6.07) is 2.33. The Morgan fingerprint density at radius 1 is 1.61 bits per heavy atom. The second-order valence-electron chi connectivity index (χ2n) is 3.57. The van der Waals surface area contributed by atoms with Gasteiger partial charge in [0.1, 0.15) is 11.7 Å². The van der Waals surface area contributed by atoms with E-state index in [0.29, 0.717) is 5.69 Å². The normalized spacial score (nSPS) is 11.4. The number of hydrogen-bond donors (Lipinski definition) is 3. The Bertz CT molecular complexity index is 460. The molecule has 0 bridgehead atoms. The topological polar surface area (TPSA) is 91.3 Å². The third kappa shape index (κ3) is 3.58. The highest BCUT2D eigenvalue weighted by atomic mass is 16.4. The summed E-state index contributed by atoms with van der Waals surface area (Å²) < 4.78 is 0. The van der Waals surface area contributed by atoms with Gasteiger partial charge in [0.25, 0.3) is 5.91 Å². The number of carboxylic acids is 1. The van der Waals surface area contributed by atoms with Gasteiger partial charge < -0.3 is 15.7 Å². The molecule has 1 atom stereocenters. The largest absolute Gasteiger partial charge is 0.480 e. The van der Waals surface area contributed by atoms with Crippen LogP contribution in [0.15, 0.2) is 31.0 Å². The van der Waals surface area contributed by atoms with E-state index in [9.17, 15) is 9.59 Å². The Morgan fingerprint density at radius 3 is 2.89 bits per heavy atom. The van der Waals surface area contributed by atoms with Crippen LogP contribution in [0.2, 0.25) is 0 Å². The molecule has 6 nitrogen and oxygen atoms in total. The zero-order valence-corrected chi connectivity index (χ0v) is 10.0. The van der Waals surface area contributed by atoms with Gasteiger partial charge in [-0.1, -0.05) is 6.08 Å². The van der Waals surface area contributed by atoms with Gasteiger partial charge in [0.2, 0.25) is 0 Å². The van der Waals surface area contributed by atoms with Gasteiger partial charge in [-0.25, -0.2) is 4.79 Å². The summed E-state index contributed by atoms with van der Waals surface area (Å²) in [5.74, 6) is -1.30. The van der Waals surface area contributed by atoms with Crippen molar-refractivity contribution in [3.63, 3.8) is 0 Å².